The summed E-state index contributed by atoms with van der Waals surface area (Å²) in [6, 6.07) is 7.59. The van der Waals surface area contributed by atoms with Crippen molar-refractivity contribution in [3.05, 3.63) is 68.4 Å². The number of rotatable bonds is 5. The molecule has 4 rings (SSSR count). The van der Waals surface area contributed by atoms with Gasteiger partial charge in [0.05, 0.1) is 23.3 Å². The largest absolute Gasteiger partial charge is 0.361 e. The zero-order chi connectivity index (χ0) is 19.0. The third kappa shape index (κ3) is 3.54. The van der Waals surface area contributed by atoms with Gasteiger partial charge in [-0.05, 0) is 38.5 Å². The Morgan fingerprint density at radius 3 is 2.78 bits per heavy atom. The summed E-state index contributed by atoms with van der Waals surface area (Å²) >= 11 is 3.05. The molecule has 4 aromatic rings. The van der Waals surface area contributed by atoms with Crippen LogP contribution >= 0.6 is 23.1 Å². The van der Waals surface area contributed by atoms with E-state index < -0.39 is 0 Å². The number of pyridine rings is 1. The molecule has 0 spiro atoms. The predicted octanol–water partition coefficient (Wildman–Crippen LogP) is 4.11. The number of aryl methyl sites for hydroxylation is 3. The Balaban J connectivity index is 1.79. The molecule has 6 nitrogen and oxygen atoms in total. The average molecular weight is 399 g/mol. The molecule has 8 heteroatoms. The van der Waals surface area contributed by atoms with Crippen LogP contribution in [0.2, 0.25) is 0 Å². The van der Waals surface area contributed by atoms with E-state index in [0.717, 1.165) is 32.4 Å². The highest BCUT2D eigenvalue weighted by atomic mass is 32.2. The van der Waals surface area contributed by atoms with E-state index in [-0.39, 0.29) is 5.56 Å². The lowest BCUT2D eigenvalue weighted by molar-refractivity contribution is 0.393. The second kappa shape index (κ2) is 7.28. The molecule has 0 atom stereocenters. The van der Waals surface area contributed by atoms with E-state index in [1.165, 1.54) is 11.8 Å². The van der Waals surface area contributed by atoms with Crippen LogP contribution in [0, 0.1) is 20.8 Å². The van der Waals surface area contributed by atoms with Crippen molar-refractivity contribution in [1.29, 1.82) is 0 Å². The number of hydrogen-bond donors (Lipinski definition) is 0. The van der Waals surface area contributed by atoms with Crippen molar-refractivity contribution in [2.75, 3.05) is 0 Å². The summed E-state index contributed by atoms with van der Waals surface area (Å²) in [7, 11) is 0. The van der Waals surface area contributed by atoms with Crippen LogP contribution in [0.15, 0.2) is 44.9 Å². The summed E-state index contributed by atoms with van der Waals surface area (Å²) in [6.45, 7) is 6.25. The summed E-state index contributed by atoms with van der Waals surface area (Å²) in [6.07, 6.45) is 1.73. The predicted molar refractivity (Wildman–Crippen MR) is 107 cm³/mol. The highest BCUT2D eigenvalue weighted by molar-refractivity contribution is 7.98. The molecule has 0 unspecified atom stereocenters. The van der Waals surface area contributed by atoms with Crippen LogP contribution in [0.4, 0.5) is 0 Å². The van der Waals surface area contributed by atoms with Crippen LogP contribution < -0.4 is 5.56 Å². The van der Waals surface area contributed by atoms with E-state index in [0.29, 0.717) is 22.8 Å². The molecule has 0 N–H and O–H groups in total. The maximum atomic E-state index is 13.3. The van der Waals surface area contributed by atoms with Gasteiger partial charge in [-0.25, -0.2) is 4.98 Å². The molecular weight excluding hydrogens is 380 g/mol. The molecule has 0 bridgehead atoms. The maximum absolute atomic E-state index is 13.3. The van der Waals surface area contributed by atoms with Crippen LogP contribution in [-0.2, 0) is 12.3 Å². The summed E-state index contributed by atoms with van der Waals surface area (Å²) in [5, 5.41) is 5.40. The lowest BCUT2D eigenvalue weighted by Crippen LogP contribution is -2.24. The molecule has 4 heterocycles. The van der Waals surface area contributed by atoms with Gasteiger partial charge >= 0.3 is 0 Å². The first-order chi connectivity index (χ1) is 13.0. The molecule has 0 aliphatic heterocycles. The van der Waals surface area contributed by atoms with E-state index in [2.05, 4.69) is 10.1 Å². The van der Waals surface area contributed by atoms with Crippen molar-refractivity contribution in [2.45, 2.75) is 38.2 Å². The molecule has 138 valence electrons. The average Bonchev–Trinajstić information content (AvgIpc) is 3.20. The van der Waals surface area contributed by atoms with E-state index >= 15 is 0 Å². The first-order valence-corrected chi connectivity index (χ1v) is 10.3. The zero-order valence-electron chi connectivity index (χ0n) is 15.2. The van der Waals surface area contributed by atoms with Crippen molar-refractivity contribution in [3.8, 4) is 0 Å². The number of thioether (sulfide) groups is 1. The van der Waals surface area contributed by atoms with E-state index in [1.54, 1.807) is 22.1 Å². The van der Waals surface area contributed by atoms with E-state index in [9.17, 15) is 4.79 Å². The molecule has 0 saturated heterocycles. The van der Waals surface area contributed by atoms with Crippen molar-refractivity contribution in [2.24, 2.45) is 0 Å². The fourth-order valence-electron chi connectivity index (χ4n) is 2.84. The Morgan fingerprint density at radius 1 is 1.22 bits per heavy atom. The molecule has 0 aliphatic carbocycles. The second-order valence-corrected chi connectivity index (χ2v) is 8.43. The number of hydrogen-bond acceptors (Lipinski definition) is 7. The van der Waals surface area contributed by atoms with Crippen LogP contribution in [0.5, 0.6) is 0 Å². The van der Waals surface area contributed by atoms with Gasteiger partial charge in [-0.3, -0.25) is 14.3 Å². The molecule has 0 fully saturated rings. The highest BCUT2D eigenvalue weighted by Crippen LogP contribution is 2.29. The second-order valence-electron chi connectivity index (χ2n) is 6.29. The normalized spacial score (nSPS) is 11.4. The van der Waals surface area contributed by atoms with Crippen molar-refractivity contribution < 1.29 is 4.52 Å². The molecule has 0 radical (unpaired) electrons. The summed E-state index contributed by atoms with van der Waals surface area (Å²) in [4.78, 5) is 24.3. The molecule has 0 amide bonds. The lowest BCUT2D eigenvalue weighted by Gasteiger charge is -2.11. The molecule has 27 heavy (non-hydrogen) atoms. The Bertz CT molecular complexity index is 1160. The highest BCUT2D eigenvalue weighted by Gasteiger charge is 2.18. The minimum Gasteiger partial charge on any atom is -0.361 e. The Labute approximate surface area is 164 Å². The minimum atomic E-state index is -0.0219. The van der Waals surface area contributed by atoms with Gasteiger partial charge in [-0.15, -0.1) is 11.3 Å². The van der Waals surface area contributed by atoms with E-state index in [1.807, 2.05) is 45.0 Å². The van der Waals surface area contributed by atoms with Gasteiger partial charge in [-0.2, -0.15) is 0 Å². The fraction of sp³-hybridized carbons (Fsp3) is 0.263. The zero-order valence-corrected chi connectivity index (χ0v) is 16.9. The molecule has 4 aromatic heterocycles. The van der Waals surface area contributed by atoms with Crippen LogP contribution in [-0.4, -0.2) is 19.7 Å². The lowest BCUT2D eigenvalue weighted by atomic mass is 10.2. The SMILES string of the molecule is Cc1cc(CSc2nc3sc(C)c(C)c3c(=O)n2Cc2ccccn2)no1. The van der Waals surface area contributed by atoms with Crippen molar-refractivity contribution in [3.63, 3.8) is 0 Å². The molecule has 0 aromatic carbocycles. The third-order valence-corrected chi connectivity index (χ3v) is 6.44. The topological polar surface area (TPSA) is 73.8 Å². The van der Waals surface area contributed by atoms with Gasteiger partial charge in [0.1, 0.15) is 10.6 Å². The van der Waals surface area contributed by atoms with Gasteiger partial charge in [0, 0.05) is 22.9 Å². The number of aromatic nitrogens is 4. The van der Waals surface area contributed by atoms with Gasteiger partial charge in [0.2, 0.25) is 0 Å². The Kier molecular flexibility index (Phi) is 4.84. The molecule has 0 saturated carbocycles. The van der Waals surface area contributed by atoms with Gasteiger partial charge in [-0.1, -0.05) is 23.0 Å². The van der Waals surface area contributed by atoms with Gasteiger partial charge < -0.3 is 4.52 Å². The number of thiophene rings is 1. The summed E-state index contributed by atoms with van der Waals surface area (Å²) < 4.78 is 6.84. The molecule has 0 aliphatic rings. The molecular formula is C19H18N4O2S2. The summed E-state index contributed by atoms with van der Waals surface area (Å²) in [5.41, 5.74) is 2.64. The monoisotopic (exact) mass is 398 g/mol. The van der Waals surface area contributed by atoms with Crippen LogP contribution in [0.1, 0.15) is 27.6 Å². The first kappa shape index (κ1) is 17.9. The maximum Gasteiger partial charge on any atom is 0.263 e. The van der Waals surface area contributed by atoms with Crippen LogP contribution in [0.3, 0.4) is 0 Å². The first-order valence-electron chi connectivity index (χ1n) is 8.48. The third-order valence-electron chi connectivity index (χ3n) is 4.33. The fourth-order valence-corrected chi connectivity index (χ4v) is 4.79. The standard InChI is InChI=1S/C19H18N4O2S2/c1-11-8-15(22-25-11)10-26-19-21-17-16(12(2)13(3)27-17)18(24)23(19)9-14-6-4-5-7-20-14/h4-8H,9-10H2,1-3H3. The van der Waals surface area contributed by atoms with E-state index in [4.69, 9.17) is 9.51 Å². The smallest absolute Gasteiger partial charge is 0.263 e. The number of fused-ring (bicyclic) bond motifs is 1. The number of nitrogens with zero attached hydrogens (tertiary/aromatic N) is 4. The van der Waals surface area contributed by atoms with Gasteiger partial charge in [0.25, 0.3) is 5.56 Å². The Hall–Kier alpha value is -2.45. The quantitative estimate of drug-likeness (QED) is 0.372. The Morgan fingerprint density at radius 2 is 2.07 bits per heavy atom. The summed E-state index contributed by atoms with van der Waals surface area (Å²) in [5.74, 6) is 1.35. The minimum absolute atomic E-state index is 0.0219. The van der Waals surface area contributed by atoms with Crippen molar-refractivity contribution >= 4 is 33.3 Å². The van der Waals surface area contributed by atoms with Crippen LogP contribution in [0.25, 0.3) is 10.2 Å². The van der Waals surface area contributed by atoms with Gasteiger partial charge in [0.15, 0.2) is 5.16 Å². The van der Waals surface area contributed by atoms with Crippen molar-refractivity contribution in [1.82, 2.24) is 19.7 Å².